The second-order valence-electron chi connectivity index (χ2n) is 6.42. The predicted molar refractivity (Wildman–Crippen MR) is 101 cm³/mol. The molecule has 0 spiro atoms. The van der Waals surface area contributed by atoms with Crippen LogP contribution in [0.25, 0.3) is 10.9 Å². The first-order valence-electron chi connectivity index (χ1n) is 8.60. The number of amides is 1. The van der Waals surface area contributed by atoms with Gasteiger partial charge in [0, 0.05) is 23.1 Å². The zero-order valence-corrected chi connectivity index (χ0v) is 14.8. The molecule has 1 amide bonds. The first-order chi connectivity index (χ1) is 12.9. The molecule has 1 aromatic heterocycles. The zero-order chi connectivity index (χ0) is 19.4. The minimum Gasteiger partial charge on any atom is -0.349 e. The van der Waals surface area contributed by atoms with Crippen LogP contribution in [0.3, 0.4) is 0 Å². The molecule has 0 fully saturated rings. The van der Waals surface area contributed by atoms with Crippen LogP contribution in [0.1, 0.15) is 27.9 Å². The van der Waals surface area contributed by atoms with Gasteiger partial charge in [0.1, 0.15) is 5.82 Å². The molecule has 0 aliphatic rings. The maximum absolute atomic E-state index is 12.9. The number of nitrogens with one attached hydrogen (secondary N) is 2. The molecule has 6 heteroatoms. The number of ketones is 1. The van der Waals surface area contributed by atoms with E-state index in [1.165, 1.54) is 24.3 Å². The summed E-state index contributed by atoms with van der Waals surface area (Å²) in [4.78, 5) is 39.0. The van der Waals surface area contributed by atoms with Gasteiger partial charge in [-0.2, -0.15) is 0 Å². The van der Waals surface area contributed by atoms with Gasteiger partial charge in [-0.05, 0) is 60.7 Å². The van der Waals surface area contributed by atoms with Crippen LogP contribution < -0.4 is 10.9 Å². The number of aryl methyl sites for hydroxylation is 2. The lowest BCUT2D eigenvalue weighted by atomic mass is 10.1. The summed E-state index contributed by atoms with van der Waals surface area (Å²) in [5.41, 5.74) is 2.45. The van der Waals surface area contributed by atoms with Gasteiger partial charge in [-0.25, -0.2) is 4.39 Å². The van der Waals surface area contributed by atoms with Crippen molar-refractivity contribution in [3.05, 3.63) is 81.4 Å². The van der Waals surface area contributed by atoms with E-state index in [-0.39, 0.29) is 36.6 Å². The summed E-state index contributed by atoms with van der Waals surface area (Å²) >= 11 is 0. The molecule has 0 aliphatic heterocycles. The van der Waals surface area contributed by atoms with Crippen molar-refractivity contribution in [3.8, 4) is 0 Å². The number of aromatic nitrogens is 1. The smallest absolute Gasteiger partial charge is 0.251 e. The minimum absolute atomic E-state index is 0.0944. The van der Waals surface area contributed by atoms with Crippen LogP contribution in [0.5, 0.6) is 0 Å². The Morgan fingerprint density at radius 2 is 1.81 bits per heavy atom. The summed E-state index contributed by atoms with van der Waals surface area (Å²) in [7, 11) is 0. The lowest BCUT2D eigenvalue weighted by molar-refractivity contribution is -0.120. The molecule has 0 bridgehead atoms. The number of Topliss-reactive ketones (excluding diaryl/α,β-unsaturated/α-hetero) is 1. The average molecular weight is 366 g/mol. The standard InChI is InChI=1S/C21H19FN2O3/c1-13-2-3-15-11-16(21(27)24-18(15)10-13)6-9-20(26)23-12-19(25)14-4-7-17(22)8-5-14/h2-5,7-8,10-11H,6,9,12H2,1H3,(H,23,26)(H,24,27). The lowest BCUT2D eigenvalue weighted by Crippen LogP contribution is -2.30. The van der Waals surface area contributed by atoms with E-state index in [0.29, 0.717) is 11.1 Å². The Kier molecular flexibility index (Phi) is 5.45. The van der Waals surface area contributed by atoms with E-state index in [9.17, 15) is 18.8 Å². The number of carbonyl (C=O) groups excluding carboxylic acids is 2. The van der Waals surface area contributed by atoms with Gasteiger partial charge in [-0.3, -0.25) is 14.4 Å². The van der Waals surface area contributed by atoms with Crippen LogP contribution in [-0.2, 0) is 11.2 Å². The Balaban J connectivity index is 1.57. The quantitative estimate of drug-likeness (QED) is 0.659. The minimum atomic E-state index is -0.425. The number of hydrogen-bond acceptors (Lipinski definition) is 3. The second-order valence-corrected chi connectivity index (χ2v) is 6.42. The maximum Gasteiger partial charge on any atom is 0.251 e. The van der Waals surface area contributed by atoms with E-state index in [2.05, 4.69) is 10.3 Å². The number of halogens is 1. The summed E-state index contributed by atoms with van der Waals surface area (Å²) in [5.74, 6) is -1.05. The van der Waals surface area contributed by atoms with Crippen molar-refractivity contribution in [1.82, 2.24) is 10.3 Å². The van der Waals surface area contributed by atoms with Crippen LogP contribution in [0.2, 0.25) is 0 Å². The van der Waals surface area contributed by atoms with E-state index in [1.54, 1.807) is 6.07 Å². The molecule has 2 N–H and O–H groups in total. The highest BCUT2D eigenvalue weighted by atomic mass is 19.1. The van der Waals surface area contributed by atoms with Gasteiger partial charge in [0.2, 0.25) is 5.91 Å². The number of fused-ring (bicyclic) bond motifs is 1. The van der Waals surface area contributed by atoms with E-state index >= 15 is 0 Å². The molecule has 0 radical (unpaired) electrons. The summed E-state index contributed by atoms with van der Waals surface area (Å²) in [6, 6.07) is 12.7. The summed E-state index contributed by atoms with van der Waals surface area (Å²) in [6.45, 7) is 1.78. The van der Waals surface area contributed by atoms with Crippen LogP contribution in [0, 0.1) is 12.7 Å². The van der Waals surface area contributed by atoms with Gasteiger partial charge in [0.15, 0.2) is 5.78 Å². The molecule has 2 aromatic carbocycles. The van der Waals surface area contributed by atoms with Crippen LogP contribution in [-0.4, -0.2) is 23.2 Å². The molecule has 0 atom stereocenters. The van der Waals surface area contributed by atoms with Crippen molar-refractivity contribution in [3.63, 3.8) is 0 Å². The highest BCUT2D eigenvalue weighted by molar-refractivity contribution is 5.99. The van der Waals surface area contributed by atoms with Gasteiger partial charge >= 0.3 is 0 Å². The molecular formula is C21H19FN2O3. The molecule has 27 heavy (non-hydrogen) atoms. The van der Waals surface area contributed by atoms with Gasteiger partial charge in [0.05, 0.1) is 6.54 Å². The van der Waals surface area contributed by atoms with Crippen LogP contribution in [0.4, 0.5) is 4.39 Å². The van der Waals surface area contributed by atoms with Gasteiger partial charge < -0.3 is 10.3 Å². The lowest BCUT2D eigenvalue weighted by Gasteiger charge is -2.06. The molecule has 0 unspecified atom stereocenters. The Hall–Kier alpha value is -3.28. The van der Waals surface area contributed by atoms with Crippen LogP contribution in [0.15, 0.2) is 53.3 Å². The Morgan fingerprint density at radius 3 is 2.56 bits per heavy atom. The summed E-state index contributed by atoms with van der Waals surface area (Å²) in [5, 5.41) is 3.44. The zero-order valence-electron chi connectivity index (χ0n) is 14.8. The van der Waals surface area contributed by atoms with E-state index in [4.69, 9.17) is 0 Å². The Bertz CT molecular complexity index is 1060. The van der Waals surface area contributed by atoms with Crippen molar-refractivity contribution >= 4 is 22.6 Å². The summed E-state index contributed by atoms with van der Waals surface area (Å²) < 4.78 is 12.9. The molecule has 3 rings (SSSR count). The molecule has 0 saturated carbocycles. The van der Waals surface area contributed by atoms with Crippen molar-refractivity contribution in [1.29, 1.82) is 0 Å². The SMILES string of the molecule is Cc1ccc2cc(CCC(=O)NCC(=O)c3ccc(F)cc3)c(=O)[nH]c2c1. The Labute approximate surface area is 155 Å². The normalized spacial score (nSPS) is 10.7. The largest absolute Gasteiger partial charge is 0.349 e. The first-order valence-corrected chi connectivity index (χ1v) is 8.60. The highest BCUT2D eigenvalue weighted by Gasteiger charge is 2.10. The number of rotatable bonds is 6. The third-order valence-electron chi connectivity index (χ3n) is 4.31. The van der Waals surface area contributed by atoms with Gasteiger partial charge in [-0.1, -0.05) is 12.1 Å². The first kappa shape index (κ1) is 18.5. The van der Waals surface area contributed by atoms with Crippen molar-refractivity contribution in [2.24, 2.45) is 0 Å². The number of H-pyrrole nitrogens is 1. The molecule has 0 saturated heterocycles. The average Bonchev–Trinajstić information content (AvgIpc) is 2.65. The third kappa shape index (κ3) is 4.67. The molecule has 5 nitrogen and oxygen atoms in total. The van der Waals surface area contributed by atoms with Crippen molar-refractivity contribution < 1.29 is 14.0 Å². The Morgan fingerprint density at radius 1 is 1.07 bits per heavy atom. The number of pyridine rings is 1. The number of hydrogen-bond donors (Lipinski definition) is 2. The fraction of sp³-hybridized carbons (Fsp3) is 0.190. The second kappa shape index (κ2) is 7.95. The van der Waals surface area contributed by atoms with Crippen LogP contribution >= 0.6 is 0 Å². The molecule has 3 aromatic rings. The fourth-order valence-corrected chi connectivity index (χ4v) is 2.80. The van der Waals surface area contributed by atoms with E-state index in [1.807, 2.05) is 25.1 Å². The monoisotopic (exact) mass is 366 g/mol. The molecule has 1 heterocycles. The van der Waals surface area contributed by atoms with Crippen molar-refractivity contribution in [2.45, 2.75) is 19.8 Å². The molecule has 138 valence electrons. The highest BCUT2D eigenvalue weighted by Crippen LogP contribution is 2.13. The molecule has 0 aliphatic carbocycles. The number of aromatic amines is 1. The predicted octanol–water partition coefficient (Wildman–Crippen LogP) is 2.91. The van der Waals surface area contributed by atoms with Crippen molar-refractivity contribution in [2.75, 3.05) is 6.54 Å². The third-order valence-corrected chi connectivity index (χ3v) is 4.31. The summed E-state index contributed by atoms with van der Waals surface area (Å²) in [6.07, 6.45) is 0.368. The van der Waals surface area contributed by atoms with Gasteiger partial charge in [-0.15, -0.1) is 0 Å². The number of benzene rings is 2. The number of carbonyl (C=O) groups is 2. The van der Waals surface area contributed by atoms with E-state index in [0.717, 1.165) is 16.5 Å². The van der Waals surface area contributed by atoms with Gasteiger partial charge in [0.25, 0.3) is 5.56 Å². The molecular weight excluding hydrogens is 347 g/mol. The fourth-order valence-electron chi connectivity index (χ4n) is 2.80. The topological polar surface area (TPSA) is 79.0 Å². The maximum atomic E-state index is 12.9. The van der Waals surface area contributed by atoms with E-state index < -0.39 is 5.82 Å².